The first kappa shape index (κ1) is 14.7. The first-order chi connectivity index (χ1) is 11.3. The monoisotopic (exact) mass is 332 g/mol. The molecule has 2 saturated heterocycles. The van der Waals surface area contributed by atoms with Gasteiger partial charge < -0.3 is 14.4 Å². The zero-order valence-electron chi connectivity index (χ0n) is 12.5. The lowest BCUT2D eigenvalue weighted by Gasteiger charge is -2.19. The summed E-state index contributed by atoms with van der Waals surface area (Å²) in [6.07, 6.45) is 7.04. The van der Waals surface area contributed by atoms with Crippen LogP contribution in [0.4, 0.5) is 5.95 Å². The van der Waals surface area contributed by atoms with Crippen LogP contribution in [-0.4, -0.2) is 47.4 Å². The van der Waals surface area contributed by atoms with Crippen molar-refractivity contribution in [2.45, 2.75) is 6.10 Å². The van der Waals surface area contributed by atoms with E-state index < -0.39 is 0 Å². The minimum atomic E-state index is 0.227. The van der Waals surface area contributed by atoms with E-state index in [0.717, 1.165) is 25.6 Å². The van der Waals surface area contributed by atoms with Crippen molar-refractivity contribution in [3.63, 3.8) is 0 Å². The van der Waals surface area contributed by atoms with Crippen LogP contribution in [0, 0.1) is 11.8 Å². The Hall–Kier alpha value is -1.92. The molecule has 4 heterocycles. The molecule has 2 fully saturated rings. The Morgan fingerprint density at radius 3 is 2.96 bits per heavy atom. The van der Waals surface area contributed by atoms with Crippen molar-refractivity contribution in [1.82, 2.24) is 15.0 Å². The van der Waals surface area contributed by atoms with E-state index in [1.54, 1.807) is 30.9 Å². The van der Waals surface area contributed by atoms with Crippen LogP contribution < -0.4 is 9.64 Å². The number of nitrogens with zero attached hydrogens (tertiary/aromatic N) is 4. The van der Waals surface area contributed by atoms with Crippen LogP contribution in [0.2, 0.25) is 5.02 Å². The molecule has 120 valence electrons. The Labute approximate surface area is 139 Å². The van der Waals surface area contributed by atoms with Crippen LogP contribution in [0.15, 0.2) is 36.9 Å². The zero-order valence-corrected chi connectivity index (χ0v) is 13.3. The number of anilines is 1. The molecule has 0 bridgehead atoms. The number of hydrogen-bond acceptors (Lipinski definition) is 6. The quantitative estimate of drug-likeness (QED) is 0.854. The van der Waals surface area contributed by atoms with Gasteiger partial charge in [-0.25, -0.2) is 9.97 Å². The lowest BCUT2D eigenvalue weighted by Crippen LogP contribution is -2.27. The maximum absolute atomic E-state index is 5.93. The van der Waals surface area contributed by atoms with Gasteiger partial charge in [-0.2, -0.15) is 0 Å². The third kappa shape index (κ3) is 3.09. The molecule has 0 spiro atoms. The van der Waals surface area contributed by atoms with Crippen molar-refractivity contribution in [2.24, 2.45) is 11.8 Å². The predicted octanol–water partition coefficient (Wildman–Crippen LogP) is 2.06. The van der Waals surface area contributed by atoms with Gasteiger partial charge in [0.15, 0.2) is 0 Å². The van der Waals surface area contributed by atoms with E-state index in [1.807, 2.05) is 6.07 Å². The van der Waals surface area contributed by atoms with E-state index in [4.69, 9.17) is 21.1 Å². The average Bonchev–Trinajstić information content (AvgIpc) is 3.15. The van der Waals surface area contributed by atoms with E-state index in [9.17, 15) is 0 Å². The normalized spacial score (nSPS) is 26.3. The lowest BCUT2D eigenvalue weighted by atomic mass is 9.94. The first-order valence-electron chi connectivity index (χ1n) is 7.66. The fourth-order valence-electron chi connectivity index (χ4n) is 3.26. The number of hydrogen-bond donors (Lipinski definition) is 0. The van der Waals surface area contributed by atoms with Gasteiger partial charge in [-0.05, 0) is 6.07 Å². The molecule has 0 aliphatic carbocycles. The summed E-state index contributed by atoms with van der Waals surface area (Å²) in [6.45, 7) is 3.07. The molecule has 0 radical (unpaired) electrons. The molecule has 0 amide bonds. The van der Waals surface area contributed by atoms with Crippen LogP contribution in [-0.2, 0) is 4.74 Å². The second kappa shape index (κ2) is 6.29. The summed E-state index contributed by atoms with van der Waals surface area (Å²) in [5.74, 6) is 2.25. The molecule has 0 saturated carbocycles. The van der Waals surface area contributed by atoms with Crippen molar-refractivity contribution < 1.29 is 9.47 Å². The van der Waals surface area contributed by atoms with Crippen molar-refractivity contribution in [2.75, 3.05) is 31.2 Å². The molecule has 4 rings (SSSR count). The Morgan fingerprint density at radius 2 is 2.13 bits per heavy atom. The third-order valence-corrected chi connectivity index (χ3v) is 4.62. The molecule has 3 atom stereocenters. The Bertz CT molecular complexity index is 672. The van der Waals surface area contributed by atoms with Gasteiger partial charge in [0.2, 0.25) is 5.95 Å². The third-order valence-electron chi connectivity index (χ3n) is 4.42. The van der Waals surface area contributed by atoms with Gasteiger partial charge >= 0.3 is 0 Å². The summed E-state index contributed by atoms with van der Waals surface area (Å²) in [5.41, 5.74) is 0. The Balaban J connectivity index is 1.38. The molecular weight excluding hydrogens is 316 g/mol. The predicted molar refractivity (Wildman–Crippen MR) is 85.7 cm³/mol. The number of halogens is 1. The van der Waals surface area contributed by atoms with E-state index in [2.05, 4.69) is 19.9 Å². The molecule has 23 heavy (non-hydrogen) atoms. The number of pyridine rings is 1. The zero-order chi connectivity index (χ0) is 15.6. The standard InChI is InChI=1S/C16H17ClN4O2/c17-12-4-13(6-18-5-12)22-9-11-10-23-15-8-21(7-14(11)15)16-19-2-1-3-20-16/h1-6,11,14-15H,7-10H2/t11-,14+,15+/m1/s1. The van der Waals surface area contributed by atoms with Crippen LogP contribution in [0.25, 0.3) is 0 Å². The molecule has 0 unspecified atom stereocenters. The fourth-order valence-corrected chi connectivity index (χ4v) is 3.43. The second-order valence-electron chi connectivity index (χ2n) is 5.90. The van der Waals surface area contributed by atoms with Gasteiger partial charge in [0.05, 0.1) is 30.5 Å². The van der Waals surface area contributed by atoms with Gasteiger partial charge in [0.25, 0.3) is 0 Å². The smallest absolute Gasteiger partial charge is 0.225 e. The highest BCUT2D eigenvalue weighted by molar-refractivity contribution is 6.30. The van der Waals surface area contributed by atoms with E-state index in [1.165, 1.54) is 0 Å². The highest BCUT2D eigenvalue weighted by Crippen LogP contribution is 2.35. The minimum Gasteiger partial charge on any atom is -0.492 e. The number of fused-ring (bicyclic) bond motifs is 1. The van der Waals surface area contributed by atoms with Crippen molar-refractivity contribution in [1.29, 1.82) is 0 Å². The van der Waals surface area contributed by atoms with Gasteiger partial charge in [-0.3, -0.25) is 4.98 Å². The summed E-state index contributed by atoms with van der Waals surface area (Å²) >= 11 is 5.93. The molecule has 2 aliphatic heterocycles. The minimum absolute atomic E-state index is 0.227. The molecule has 2 aromatic rings. The second-order valence-corrected chi connectivity index (χ2v) is 6.34. The summed E-state index contributed by atoms with van der Waals surface area (Å²) in [7, 11) is 0. The lowest BCUT2D eigenvalue weighted by molar-refractivity contribution is 0.108. The van der Waals surface area contributed by atoms with Crippen molar-refractivity contribution in [3.8, 4) is 5.75 Å². The van der Waals surface area contributed by atoms with E-state index in [0.29, 0.717) is 29.2 Å². The fraction of sp³-hybridized carbons (Fsp3) is 0.438. The Morgan fingerprint density at radius 1 is 1.26 bits per heavy atom. The molecule has 0 N–H and O–H groups in total. The molecule has 0 aromatic carbocycles. The highest BCUT2D eigenvalue weighted by atomic mass is 35.5. The van der Waals surface area contributed by atoms with Crippen LogP contribution >= 0.6 is 11.6 Å². The molecule has 2 aliphatic rings. The van der Waals surface area contributed by atoms with E-state index in [-0.39, 0.29) is 6.10 Å². The summed E-state index contributed by atoms with van der Waals surface area (Å²) < 4.78 is 11.8. The SMILES string of the molecule is Clc1cncc(OC[C@@H]2CO[C@H]3CN(c4ncccn4)C[C@@H]23)c1. The number of rotatable bonds is 4. The molecular formula is C16H17ClN4O2. The van der Waals surface area contributed by atoms with Gasteiger partial charge in [-0.1, -0.05) is 11.6 Å². The van der Waals surface area contributed by atoms with Crippen molar-refractivity contribution >= 4 is 17.5 Å². The summed E-state index contributed by atoms with van der Waals surface area (Å²) in [4.78, 5) is 14.9. The largest absolute Gasteiger partial charge is 0.492 e. The Kier molecular flexibility index (Phi) is 4.01. The first-order valence-corrected chi connectivity index (χ1v) is 8.04. The van der Waals surface area contributed by atoms with Crippen LogP contribution in [0.1, 0.15) is 0 Å². The maximum atomic E-state index is 5.93. The number of ether oxygens (including phenoxy) is 2. The highest BCUT2D eigenvalue weighted by Gasteiger charge is 2.44. The van der Waals surface area contributed by atoms with Crippen LogP contribution in [0.5, 0.6) is 5.75 Å². The van der Waals surface area contributed by atoms with Gasteiger partial charge in [0, 0.05) is 49.6 Å². The summed E-state index contributed by atoms with van der Waals surface area (Å²) in [6, 6.07) is 3.60. The molecule has 7 heteroatoms. The molecule has 2 aromatic heterocycles. The molecule has 6 nitrogen and oxygen atoms in total. The maximum Gasteiger partial charge on any atom is 0.225 e. The average molecular weight is 333 g/mol. The summed E-state index contributed by atoms with van der Waals surface area (Å²) in [5, 5.41) is 0.580. The van der Waals surface area contributed by atoms with Crippen molar-refractivity contribution in [3.05, 3.63) is 41.9 Å². The van der Waals surface area contributed by atoms with Gasteiger partial charge in [-0.15, -0.1) is 0 Å². The van der Waals surface area contributed by atoms with Crippen LogP contribution in [0.3, 0.4) is 0 Å². The van der Waals surface area contributed by atoms with Gasteiger partial charge in [0.1, 0.15) is 5.75 Å². The van der Waals surface area contributed by atoms with E-state index >= 15 is 0 Å². The topological polar surface area (TPSA) is 60.4 Å². The number of aromatic nitrogens is 3.